The van der Waals surface area contributed by atoms with Gasteiger partial charge in [-0.05, 0) is 67.1 Å². The monoisotopic (exact) mass is 367 g/mol. The first kappa shape index (κ1) is 19.3. The van der Waals surface area contributed by atoms with E-state index < -0.39 is 0 Å². The molecule has 0 bridgehead atoms. The van der Waals surface area contributed by atoms with Gasteiger partial charge in [0.25, 0.3) is 5.91 Å². The average Bonchev–Trinajstić information content (AvgIpc) is 2.71. The third-order valence-corrected chi connectivity index (χ3v) is 5.47. The van der Waals surface area contributed by atoms with Gasteiger partial charge in [-0.25, -0.2) is 0 Å². The number of carbonyl (C=O) groups is 1. The predicted molar refractivity (Wildman–Crippen MR) is 108 cm³/mol. The van der Waals surface area contributed by atoms with Crippen LogP contribution >= 0.6 is 0 Å². The lowest BCUT2D eigenvalue weighted by Crippen LogP contribution is -2.38. The van der Waals surface area contributed by atoms with Gasteiger partial charge in [-0.15, -0.1) is 0 Å². The fourth-order valence-corrected chi connectivity index (χ4v) is 3.78. The minimum Gasteiger partial charge on any atom is -0.493 e. The fourth-order valence-electron chi connectivity index (χ4n) is 3.78. The second-order valence-corrected chi connectivity index (χ2v) is 7.13. The Hall–Kier alpha value is -2.49. The molecule has 1 amide bonds. The highest BCUT2D eigenvalue weighted by Crippen LogP contribution is 2.38. The van der Waals surface area contributed by atoms with Gasteiger partial charge >= 0.3 is 0 Å². The minimum atomic E-state index is 0.000763. The van der Waals surface area contributed by atoms with Crippen molar-refractivity contribution in [2.45, 2.75) is 45.6 Å². The molecule has 1 heterocycles. The summed E-state index contributed by atoms with van der Waals surface area (Å²) in [5.74, 6) is 1.54. The Bertz CT molecular complexity index is 798. The molecule has 0 saturated heterocycles. The van der Waals surface area contributed by atoms with E-state index in [0.29, 0.717) is 12.3 Å². The van der Waals surface area contributed by atoms with Crippen molar-refractivity contribution in [2.75, 3.05) is 20.8 Å². The maximum absolute atomic E-state index is 13.1. The summed E-state index contributed by atoms with van der Waals surface area (Å²) in [7, 11) is 3.29. The van der Waals surface area contributed by atoms with Crippen LogP contribution in [0.25, 0.3) is 0 Å². The van der Waals surface area contributed by atoms with E-state index in [0.717, 1.165) is 29.7 Å². The molecule has 0 aliphatic carbocycles. The lowest BCUT2D eigenvalue weighted by molar-refractivity contribution is 0.0677. The molecule has 1 atom stereocenters. The largest absolute Gasteiger partial charge is 0.493 e. The molecule has 27 heavy (non-hydrogen) atoms. The SMILES string of the molecule is CCCCc1ccc(C(=O)N2CCc3cc(OC)c(OC)cc3[C@H]2C)cc1. The van der Waals surface area contributed by atoms with Gasteiger partial charge in [0.05, 0.1) is 20.3 Å². The van der Waals surface area contributed by atoms with Crippen LogP contribution in [-0.4, -0.2) is 31.6 Å². The van der Waals surface area contributed by atoms with Crippen LogP contribution in [-0.2, 0) is 12.8 Å². The van der Waals surface area contributed by atoms with Crippen LogP contribution in [0.4, 0.5) is 0 Å². The maximum atomic E-state index is 13.1. The van der Waals surface area contributed by atoms with Gasteiger partial charge in [-0.1, -0.05) is 25.5 Å². The van der Waals surface area contributed by atoms with Gasteiger partial charge in [-0.3, -0.25) is 4.79 Å². The zero-order valence-electron chi connectivity index (χ0n) is 16.7. The van der Waals surface area contributed by atoms with E-state index in [4.69, 9.17) is 9.47 Å². The van der Waals surface area contributed by atoms with E-state index in [1.807, 2.05) is 29.2 Å². The lowest BCUT2D eigenvalue weighted by atomic mass is 9.92. The van der Waals surface area contributed by atoms with Crippen molar-refractivity contribution >= 4 is 5.91 Å². The molecule has 0 radical (unpaired) electrons. The van der Waals surface area contributed by atoms with E-state index in [2.05, 4.69) is 26.0 Å². The van der Waals surface area contributed by atoms with Gasteiger partial charge in [0, 0.05) is 12.1 Å². The highest BCUT2D eigenvalue weighted by molar-refractivity contribution is 5.94. The summed E-state index contributed by atoms with van der Waals surface area (Å²) in [4.78, 5) is 15.0. The summed E-state index contributed by atoms with van der Waals surface area (Å²) in [6, 6.07) is 12.1. The number of rotatable bonds is 6. The van der Waals surface area contributed by atoms with Crippen LogP contribution in [0.1, 0.15) is 59.8 Å². The molecular formula is C23H29NO3. The zero-order chi connectivity index (χ0) is 19.4. The highest BCUT2D eigenvalue weighted by atomic mass is 16.5. The molecule has 0 fully saturated rings. The molecule has 4 heteroatoms. The molecule has 0 spiro atoms. The smallest absolute Gasteiger partial charge is 0.254 e. The molecule has 3 rings (SSSR count). The van der Waals surface area contributed by atoms with Crippen molar-refractivity contribution in [2.24, 2.45) is 0 Å². The number of methoxy groups -OCH3 is 2. The third-order valence-electron chi connectivity index (χ3n) is 5.47. The van der Waals surface area contributed by atoms with Gasteiger partial charge in [0.15, 0.2) is 11.5 Å². The molecule has 0 unspecified atom stereocenters. The summed E-state index contributed by atoms with van der Waals surface area (Å²) in [5.41, 5.74) is 4.40. The van der Waals surface area contributed by atoms with Crippen LogP contribution in [0.15, 0.2) is 36.4 Å². The predicted octanol–water partition coefficient (Wildman–Crippen LogP) is 4.81. The molecule has 1 aliphatic rings. The van der Waals surface area contributed by atoms with Gasteiger partial charge < -0.3 is 14.4 Å². The van der Waals surface area contributed by atoms with E-state index in [9.17, 15) is 4.79 Å². The number of nitrogens with zero attached hydrogens (tertiary/aromatic N) is 1. The first-order valence-corrected chi connectivity index (χ1v) is 9.73. The Morgan fingerprint density at radius 2 is 1.78 bits per heavy atom. The van der Waals surface area contributed by atoms with Crippen molar-refractivity contribution in [1.82, 2.24) is 4.90 Å². The lowest BCUT2D eigenvalue weighted by Gasteiger charge is -2.36. The topological polar surface area (TPSA) is 38.8 Å². The number of ether oxygens (including phenoxy) is 2. The number of unbranched alkanes of at least 4 members (excludes halogenated alkanes) is 1. The summed E-state index contributed by atoms with van der Waals surface area (Å²) < 4.78 is 10.9. The summed E-state index contributed by atoms with van der Waals surface area (Å²) in [5, 5.41) is 0. The van der Waals surface area contributed by atoms with Crippen molar-refractivity contribution in [3.63, 3.8) is 0 Å². The Kier molecular flexibility index (Phi) is 6.04. The molecule has 0 N–H and O–H groups in total. The number of aryl methyl sites for hydroxylation is 1. The molecular weight excluding hydrogens is 338 g/mol. The quantitative estimate of drug-likeness (QED) is 0.736. The number of amides is 1. The van der Waals surface area contributed by atoms with E-state index in [1.54, 1.807) is 14.2 Å². The maximum Gasteiger partial charge on any atom is 0.254 e. The van der Waals surface area contributed by atoms with Crippen LogP contribution in [0.5, 0.6) is 11.5 Å². The molecule has 2 aromatic carbocycles. The Morgan fingerprint density at radius 1 is 1.11 bits per heavy atom. The zero-order valence-corrected chi connectivity index (χ0v) is 16.7. The third kappa shape index (κ3) is 3.95. The first-order valence-electron chi connectivity index (χ1n) is 9.73. The number of carbonyl (C=O) groups excluding carboxylic acids is 1. The van der Waals surface area contributed by atoms with Crippen molar-refractivity contribution in [1.29, 1.82) is 0 Å². The average molecular weight is 367 g/mol. The van der Waals surface area contributed by atoms with Crippen molar-refractivity contribution in [3.05, 3.63) is 58.7 Å². The molecule has 0 saturated carbocycles. The van der Waals surface area contributed by atoms with E-state index >= 15 is 0 Å². The second kappa shape index (κ2) is 8.47. The van der Waals surface area contributed by atoms with Crippen LogP contribution in [0.2, 0.25) is 0 Å². The number of hydrogen-bond acceptors (Lipinski definition) is 3. The van der Waals surface area contributed by atoms with Crippen molar-refractivity contribution in [3.8, 4) is 11.5 Å². The van der Waals surface area contributed by atoms with E-state index in [-0.39, 0.29) is 11.9 Å². The molecule has 4 nitrogen and oxygen atoms in total. The van der Waals surface area contributed by atoms with Crippen LogP contribution in [0, 0.1) is 0 Å². The highest BCUT2D eigenvalue weighted by Gasteiger charge is 2.29. The second-order valence-electron chi connectivity index (χ2n) is 7.13. The molecule has 144 valence electrons. The fraction of sp³-hybridized carbons (Fsp3) is 0.435. The van der Waals surface area contributed by atoms with E-state index in [1.165, 1.54) is 24.0 Å². The molecule has 1 aliphatic heterocycles. The van der Waals surface area contributed by atoms with Gasteiger partial charge in [-0.2, -0.15) is 0 Å². The summed E-state index contributed by atoms with van der Waals surface area (Å²) in [6.45, 7) is 4.98. The van der Waals surface area contributed by atoms with Gasteiger partial charge in [0.2, 0.25) is 0 Å². The van der Waals surface area contributed by atoms with Gasteiger partial charge in [0.1, 0.15) is 0 Å². The Balaban J connectivity index is 1.81. The first-order chi connectivity index (χ1) is 13.1. The molecule has 0 aromatic heterocycles. The number of fused-ring (bicyclic) bond motifs is 1. The normalized spacial score (nSPS) is 16.0. The summed E-state index contributed by atoms with van der Waals surface area (Å²) in [6.07, 6.45) is 4.25. The Morgan fingerprint density at radius 3 is 2.41 bits per heavy atom. The molecule has 2 aromatic rings. The minimum absolute atomic E-state index is 0.000763. The van der Waals surface area contributed by atoms with Crippen molar-refractivity contribution < 1.29 is 14.3 Å². The van der Waals surface area contributed by atoms with Crippen LogP contribution in [0.3, 0.4) is 0 Å². The standard InChI is InChI=1S/C23H29NO3/c1-5-6-7-17-8-10-18(11-9-17)23(25)24-13-12-19-14-21(26-3)22(27-4)15-20(19)16(24)2/h8-11,14-16H,5-7,12-13H2,1-4H3/t16-/m1/s1. The number of benzene rings is 2. The summed E-state index contributed by atoms with van der Waals surface area (Å²) >= 11 is 0. The van der Waals surface area contributed by atoms with Crippen LogP contribution < -0.4 is 9.47 Å². The Labute approximate surface area is 162 Å². The number of hydrogen-bond donors (Lipinski definition) is 0.